The molecular formula is C13H12BrClN2. The van der Waals surface area contributed by atoms with Gasteiger partial charge < -0.3 is 0 Å². The van der Waals surface area contributed by atoms with Gasteiger partial charge in [-0.25, -0.2) is 9.97 Å². The zero-order valence-electron chi connectivity index (χ0n) is 9.45. The highest BCUT2D eigenvalue weighted by molar-refractivity contribution is 9.10. The fourth-order valence-corrected chi connectivity index (χ4v) is 2.12. The van der Waals surface area contributed by atoms with Crippen LogP contribution in [0.15, 0.2) is 34.9 Å². The Hall–Kier alpha value is -0.930. The molecule has 0 aliphatic heterocycles. The maximum atomic E-state index is 5.87. The third kappa shape index (κ3) is 3.27. The maximum absolute atomic E-state index is 5.87. The van der Waals surface area contributed by atoms with E-state index in [0.717, 1.165) is 39.5 Å². The van der Waals surface area contributed by atoms with Crippen molar-refractivity contribution >= 4 is 27.5 Å². The summed E-state index contributed by atoms with van der Waals surface area (Å²) in [5.41, 5.74) is 1.97. The zero-order chi connectivity index (χ0) is 12.3. The Morgan fingerprint density at radius 1 is 1.18 bits per heavy atom. The normalized spacial score (nSPS) is 10.5. The molecule has 17 heavy (non-hydrogen) atoms. The highest BCUT2D eigenvalue weighted by Crippen LogP contribution is 2.22. The van der Waals surface area contributed by atoms with E-state index < -0.39 is 0 Å². The van der Waals surface area contributed by atoms with Crippen LogP contribution in [0.25, 0.3) is 11.3 Å². The maximum Gasteiger partial charge on any atom is 0.130 e. The molecule has 88 valence electrons. The number of aromatic nitrogens is 2. The molecular weight excluding hydrogens is 300 g/mol. The predicted molar refractivity (Wildman–Crippen MR) is 74.2 cm³/mol. The first-order valence-electron chi connectivity index (χ1n) is 5.48. The molecule has 2 rings (SSSR count). The van der Waals surface area contributed by atoms with Gasteiger partial charge in [0.25, 0.3) is 0 Å². The van der Waals surface area contributed by atoms with Gasteiger partial charge in [-0.15, -0.1) is 0 Å². The first-order chi connectivity index (χ1) is 8.19. The van der Waals surface area contributed by atoms with Crippen molar-refractivity contribution in [3.8, 4) is 11.3 Å². The summed E-state index contributed by atoms with van der Waals surface area (Å²) in [6.45, 7) is 2.12. The van der Waals surface area contributed by atoms with Gasteiger partial charge in [0.1, 0.15) is 10.4 Å². The molecule has 1 aromatic heterocycles. The zero-order valence-corrected chi connectivity index (χ0v) is 11.8. The molecule has 0 saturated carbocycles. The average molecular weight is 312 g/mol. The van der Waals surface area contributed by atoms with Crippen molar-refractivity contribution in [2.45, 2.75) is 19.8 Å². The Labute approximate surface area is 114 Å². The van der Waals surface area contributed by atoms with Gasteiger partial charge in [-0.3, -0.25) is 0 Å². The van der Waals surface area contributed by atoms with Gasteiger partial charge in [-0.05, 0) is 40.5 Å². The average Bonchev–Trinajstić information content (AvgIpc) is 2.29. The van der Waals surface area contributed by atoms with E-state index in [4.69, 9.17) is 11.6 Å². The van der Waals surface area contributed by atoms with Crippen molar-refractivity contribution in [3.63, 3.8) is 0 Å². The number of hydrogen-bond acceptors (Lipinski definition) is 2. The van der Waals surface area contributed by atoms with Crippen LogP contribution in [-0.2, 0) is 6.42 Å². The van der Waals surface area contributed by atoms with E-state index in [-0.39, 0.29) is 0 Å². The molecule has 0 radical (unpaired) electrons. The molecule has 0 bridgehead atoms. The van der Waals surface area contributed by atoms with E-state index in [0.29, 0.717) is 0 Å². The van der Waals surface area contributed by atoms with Gasteiger partial charge >= 0.3 is 0 Å². The van der Waals surface area contributed by atoms with Crippen molar-refractivity contribution in [3.05, 3.63) is 45.8 Å². The summed E-state index contributed by atoms with van der Waals surface area (Å²) >= 11 is 9.29. The van der Waals surface area contributed by atoms with Crippen LogP contribution in [0.3, 0.4) is 0 Å². The van der Waals surface area contributed by atoms with Crippen molar-refractivity contribution in [1.29, 1.82) is 0 Å². The summed E-state index contributed by atoms with van der Waals surface area (Å²) in [4.78, 5) is 8.89. The molecule has 0 spiro atoms. The van der Waals surface area contributed by atoms with Crippen molar-refractivity contribution < 1.29 is 0 Å². The van der Waals surface area contributed by atoms with Crippen LogP contribution < -0.4 is 0 Å². The molecule has 0 atom stereocenters. The Bertz CT molecular complexity index is 511. The number of rotatable bonds is 3. The van der Waals surface area contributed by atoms with Crippen LogP contribution in [0.2, 0.25) is 5.02 Å². The molecule has 2 aromatic rings. The van der Waals surface area contributed by atoms with Crippen LogP contribution in [0, 0.1) is 0 Å². The molecule has 0 saturated heterocycles. The first kappa shape index (κ1) is 12.5. The van der Waals surface area contributed by atoms with Gasteiger partial charge in [-0.2, -0.15) is 0 Å². The van der Waals surface area contributed by atoms with E-state index >= 15 is 0 Å². The minimum absolute atomic E-state index is 0.732. The highest BCUT2D eigenvalue weighted by Gasteiger charge is 2.04. The lowest BCUT2D eigenvalue weighted by molar-refractivity contribution is 0.831. The smallest absolute Gasteiger partial charge is 0.130 e. The topological polar surface area (TPSA) is 25.8 Å². The lowest BCUT2D eigenvalue weighted by atomic mass is 10.1. The third-order valence-corrected chi connectivity index (χ3v) is 3.01. The Morgan fingerprint density at radius 3 is 2.53 bits per heavy atom. The van der Waals surface area contributed by atoms with Crippen LogP contribution in [0.1, 0.15) is 19.2 Å². The molecule has 0 amide bonds. The highest BCUT2D eigenvalue weighted by atomic mass is 79.9. The van der Waals surface area contributed by atoms with Crippen LogP contribution >= 0.6 is 27.5 Å². The molecule has 4 heteroatoms. The predicted octanol–water partition coefficient (Wildman–Crippen LogP) is 4.51. The summed E-state index contributed by atoms with van der Waals surface area (Å²) in [6, 6.07) is 9.58. The third-order valence-electron chi connectivity index (χ3n) is 2.35. The van der Waals surface area contributed by atoms with Crippen molar-refractivity contribution in [2.75, 3.05) is 0 Å². The van der Waals surface area contributed by atoms with E-state index in [2.05, 4.69) is 32.8 Å². The minimum Gasteiger partial charge on any atom is -0.233 e. The first-order valence-corrected chi connectivity index (χ1v) is 6.65. The van der Waals surface area contributed by atoms with E-state index in [1.54, 1.807) is 0 Å². The van der Waals surface area contributed by atoms with Gasteiger partial charge in [0, 0.05) is 17.0 Å². The monoisotopic (exact) mass is 310 g/mol. The summed E-state index contributed by atoms with van der Waals surface area (Å²) in [5.74, 6) is 0.867. The molecule has 0 unspecified atom stereocenters. The number of halogens is 2. The second-order valence-electron chi connectivity index (χ2n) is 3.75. The van der Waals surface area contributed by atoms with Gasteiger partial charge in [0.2, 0.25) is 0 Å². The fraction of sp³-hybridized carbons (Fsp3) is 0.231. The summed E-state index contributed by atoms with van der Waals surface area (Å²) < 4.78 is 0.820. The molecule has 1 aromatic carbocycles. The van der Waals surface area contributed by atoms with E-state index in [9.17, 15) is 0 Å². The fourth-order valence-electron chi connectivity index (χ4n) is 1.57. The molecule has 1 heterocycles. The van der Waals surface area contributed by atoms with Crippen LogP contribution in [0.4, 0.5) is 0 Å². The Morgan fingerprint density at radius 2 is 1.88 bits per heavy atom. The quantitative estimate of drug-likeness (QED) is 0.779. The summed E-state index contributed by atoms with van der Waals surface area (Å²) in [7, 11) is 0. The van der Waals surface area contributed by atoms with Crippen LogP contribution in [0.5, 0.6) is 0 Å². The number of hydrogen-bond donors (Lipinski definition) is 0. The largest absolute Gasteiger partial charge is 0.233 e. The number of aryl methyl sites for hydroxylation is 1. The summed E-state index contributed by atoms with van der Waals surface area (Å²) in [6.07, 6.45) is 1.93. The lowest BCUT2D eigenvalue weighted by Gasteiger charge is -2.04. The van der Waals surface area contributed by atoms with Crippen molar-refractivity contribution in [1.82, 2.24) is 9.97 Å². The van der Waals surface area contributed by atoms with E-state index in [1.165, 1.54) is 0 Å². The molecule has 0 aliphatic carbocycles. The minimum atomic E-state index is 0.732. The second kappa shape index (κ2) is 5.61. The van der Waals surface area contributed by atoms with E-state index in [1.807, 2.05) is 30.3 Å². The molecule has 2 nitrogen and oxygen atoms in total. The molecule has 0 fully saturated rings. The standard InChI is InChI=1S/C13H12BrClN2/c1-2-3-13-16-11(8-12(14)17-13)9-4-6-10(15)7-5-9/h4-8H,2-3H2,1H3. The van der Waals surface area contributed by atoms with Gasteiger partial charge in [0.05, 0.1) is 5.69 Å². The molecule has 0 aliphatic rings. The Balaban J connectivity index is 2.40. The van der Waals surface area contributed by atoms with Gasteiger partial charge in [0.15, 0.2) is 0 Å². The number of nitrogens with zero attached hydrogens (tertiary/aromatic N) is 2. The van der Waals surface area contributed by atoms with Crippen LogP contribution in [-0.4, -0.2) is 9.97 Å². The van der Waals surface area contributed by atoms with Gasteiger partial charge in [-0.1, -0.05) is 30.7 Å². The molecule has 0 N–H and O–H groups in total. The summed E-state index contributed by atoms with van der Waals surface area (Å²) in [5, 5.41) is 0.732. The SMILES string of the molecule is CCCc1nc(Br)cc(-c2ccc(Cl)cc2)n1. The second-order valence-corrected chi connectivity index (χ2v) is 5.00. The van der Waals surface area contributed by atoms with Crippen molar-refractivity contribution in [2.24, 2.45) is 0 Å². The lowest BCUT2D eigenvalue weighted by Crippen LogP contribution is -1.97. The Kier molecular flexibility index (Phi) is 4.13. The number of benzene rings is 1.